The average molecular weight is 564 g/mol. The number of benzene rings is 2. The monoisotopic (exact) mass is 563 g/mol. The molecule has 2 aromatic carbocycles. The number of hydrogen-bond donors (Lipinski definition) is 4. The first-order valence-corrected chi connectivity index (χ1v) is 15.5. The number of para-hydroxylation sites is 1. The third-order valence-electron chi connectivity index (χ3n) is 7.21. The van der Waals surface area contributed by atoms with E-state index in [0.717, 1.165) is 35.4 Å². The van der Waals surface area contributed by atoms with Crippen molar-refractivity contribution < 1.29 is 18.1 Å². The van der Waals surface area contributed by atoms with Gasteiger partial charge in [0.2, 0.25) is 11.5 Å². The highest BCUT2D eigenvalue weighted by molar-refractivity contribution is 7.92. The zero-order valence-corrected chi connectivity index (χ0v) is 24.6. The highest BCUT2D eigenvalue weighted by Crippen LogP contribution is 2.36. The van der Waals surface area contributed by atoms with Crippen molar-refractivity contribution in [1.82, 2.24) is 15.3 Å². The van der Waals surface area contributed by atoms with Gasteiger partial charge in [-0.05, 0) is 95.5 Å². The third kappa shape index (κ3) is 5.78. The van der Waals surface area contributed by atoms with Gasteiger partial charge in [0.25, 0.3) is 0 Å². The number of aryl methyl sites for hydroxylation is 1. The Morgan fingerprint density at radius 2 is 1.85 bits per heavy atom. The zero-order valence-electron chi connectivity index (χ0n) is 23.8. The fourth-order valence-electron chi connectivity index (χ4n) is 5.12. The molecule has 10 heteroatoms. The van der Waals surface area contributed by atoms with Crippen LogP contribution in [0.25, 0.3) is 11.0 Å². The standard InChI is InChI=1S/C30H38N6O3S/c1-18(2)39-26-17-22(23-10-8-9-14-31-23)20(5)16-25(26)34-30-35-28-21(13-15-32-28)29(36-30)33-24-11-6-7-12-27(24)40(37,38)19(3)4/h6-7,11-13,15-19,23,31H,8-10,14H2,1-5H3,(H3,32,33,34,35,36)/p+1. The molecule has 9 nitrogen and oxygen atoms in total. The van der Waals surface area contributed by atoms with Crippen LogP contribution < -0.4 is 25.7 Å². The van der Waals surface area contributed by atoms with E-state index in [1.807, 2.05) is 32.2 Å². The van der Waals surface area contributed by atoms with Crippen molar-refractivity contribution in [3.8, 4) is 5.75 Å². The van der Waals surface area contributed by atoms with Crippen LogP contribution in [0.5, 0.6) is 5.75 Å². The van der Waals surface area contributed by atoms with Gasteiger partial charge in [-0.1, -0.05) is 23.5 Å². The second kappa shape index (κ2) is 11.5. The number of hydrogen-bond acceptors (Lipinski definition) is 7. The molecule has 0 saturated carbocycles. The van der Waals surface area contributed by atoms with Crippen LogP contribution in [0.1, 0.15) is 64.1 Å². The number of H-pyrrole nitrogens is 2. The topological polar surface area (TPSA) is 122 Å². The maximum atomic E-state index is 13.1. The number of aromatic nitrogens is 3. The summed E-state index contributed by atoms with van der Waals surface area (Å²) in [5, 5.41) is 10.6. The Labute approximate surface area is 236 Å². The van der Waals surface area contributed by atoms with Gasteiger partial charge in [-0.2, -0.15) is 0 Å². The Balaban J connectivity index is 1.53. The molecule has 1 saturated heterocycles. The van der Waals surface area contributed by atoms with Crippen LogP contribution in [-0.2, 0) is 9.84 Å². The molecule has 0 spiro atoms. The van der Waals surface area contributed by atoms with Gasteiger partial charge >= 0.3 is 5.95 Å². The van der Waals surface area contributed by atoms with E-state index in [2.05, 4.69) is 45.0 Å². The molecule has 1 aliphatic rings. The van der Waals surface area contributed by atoms with Crippen LogP contribution in [0.15, 0.2) is 53.6 Å². The van der Waals surface area contributed by atoms with Crippen molar-refractivity contribution >= 4 is 44.0 Å². The maximum absolute atomic E-state index is 13.1. The Morgan fingerprint density at radius 3 is 2.58 bits per heavy atom. The summed E-state index contributed by atoms with van der Waals surface area (Å²) in [7, 11) is -3.50. The molecule has 40 heavy (non-hydrogen) atoms. The molecule has 5 rings (SSSR count). The predicted octanol–water partition coefficient (Wildman–Crippen LogP) is 5.96. The van der Waals surface area contributed by atoms with Crippen LogP contribution in [0.3, 0.4) is 0 Å². The first-order valence-electron chi connectivity index (χ1n) is 14.0. The molecule has 212 valence electrons. The second-order valence-corrected chi connectivity index (χ2v) is 13.4. The quantitative estimate of drug-likeness (QED) is 0.198. The molecule has 1 aliphatic heterocycles. The summed E-state index contributed by atoms with van der Waals surface area (Å²) in [6, 6.07) is 13.4. The molecule has 0 bridgehead atoms. The molecule has 0 amide bonds. The van der Waals surface area contributed by atoms with Crippen LogP contribution in [0.4, 0.5) is 23.1 Å². The number of nitrogens with zero attached hydrogens (tertiary/aromatic N) is 1. The van der Waals surface area contributed by atoms with Crippen LogP contribution in [0, 0.1) is 6.92 Å². The summed E-state index contributed by atoms with van der Waals surface area (Å²) >= 11 is 0. The summed E-state index contributed by atoms with van der Waals surface area (Å²) in [6.45, 7) is 10.5. The zero-order chi connectivity index (χ0) is 28.4. The minimum Gasteiger partial charge on any atom is -0.488 e. The Hall–Kier alpha value is -3.63. The van der Waals surface area contributed by atoms with Gasteiger partial charge in [0.1, 0.15) is 5.69 Å². The summed E-state index contributed by atoms with van der Waals surface area (Å²) in [6.07, 6.45) is 5.34. The minimum absolute atomic E-state index is 0.00474. The number of aromatic amines is 2. The molecular formula is C30H39N6O3S+. The Morgan fingerprint density at radius 1 is 1.05 bits per heavy atom. The summed E-state index contributed by atoms with van der Waals surface area (Å²) in [5.74, 6) is 1.76. The SMILES string of the molecule is Cc1cc(Nc2nc(Nc3ccccc3S(=O)(=O)C(C)C)c3cc[nH]c3[nH+]2)c(OC(C)C)cc1C1CCCCN1. The van der Waals surface area contributed by atoms with Gasteiger partial charge in [0.05, 0.1) is 27.3 Å². The Kier molecular flexibility index (Phi) is 8.00. The van der Waals surface area contributed by atoms with E-state index in [1.54, 1.807) is 32.0 Å². The first kappa shape index (κ1) is 27.9. The van der Waals surface area contributed by atoms with Gasteiger partial charge in [-0.3, -0.25) is 10.3 Å². The lowest BCUT2D eigenvalue weighted by molar-refractivity contribution is -0.333. The molecule has 0 aliphatic carbocycles. The van der Waals surface area contributed by atoms with Gasteiger partial charge in [-0.25, -0.2) is 13.4 Å². The van der Waals surface area contributed by atoms with Gasteiger partial charge in [0.15, 0.2) is 15.6 Å². The summed E-state index contributed by atoms with van der Waals surface area (Å²) < 4.78 is 32.4. The second-order valence-electron chi connectivity index (χ2n) is 10.9. The van der Waals surface area contributed by atoms with Crippen LogP contribution >= 0.6 is 0 Å². The van der Waals surface area contributed by atoms with Crippen molar-refractivity contribution in [3.05, 3.63) is 59.8 Å². The summed E-state index contributed by atoms with van der Waals surface area (Å²) in [5.41, 5.74) is 4.45. The smallest absolute Gasteiger partial charge is 0.351 e. The Bertz CT molecular complexity index is 1610. The number of ether oxygens (including phenoxy) is 1. The molecular weight excluding hydrogens is 524 g/mol. The highest BCUT2D eigenvalue weighted by atomic mass is 32.2. The third-order valence-corrected chi connectivity index (χ3v) is 9.42. The van der Waals surface area contributed by atoms with Gasteiger partial charge < -0.3 is 15.4 Å². The number of rotatable bonds is 9. The number of nitrogens with one attached hydrogen (secondary N) is 5. The molecule has 1 fully saturated rings. The molecule has 1 atom stereocenters. The van der Waals surface area contributed by atoms with Crippen molar-refractivity contribution in [2.24, 2.45) is 0 Å². The van der Waals surface area contributed by atoms with Gasteiger partial charge in [0, 0.05) is 12.2 Å². The van der Waals surface area contributed by atoms with Crippen LogP contribution in [-0.4, -0.2) is 36.3 Å². The largest absolute Gasteiger partial charge is 0.488 e. The van der Waals surface area contributed by atoms with E-state index in [0.29, 0.717) is 23.5 Å². The predicted molar refractivity (Wildman–Crippen MR) is 160 cm³/mol. The number of sulfone groups is 1. The fourth-order valence-corrected chi connectivity index (χ4v) is 6.32. The number of anilines is 4. The van der Waals surface area contributed by atoms with Crippen molar-refractivity contribution in [2.45, 2.75) is 76.2 Å². The molecule has 1 unspecified atom stereocenters. The molecule has 3 heterocycles. The normalized spacial score (nSPS) is 16.0. The van der Waals surface area contributed by atoms with E-state index in [4.69, 9.17) is 9.72 Å². The molecule has 5 N–H and O–H groups in total. The first-order chi connectivity index (χ1) is 19.1. The lowest BCUT2D eigenvalue weighted by Crippen LogP contribution is -2.27. The maximum Gasteiger partial charge on any atom is 0.351 e. The van der Waals surface area contributed by atoms with Crippen molar-refractivity contribution in [2.75, 3.05) is 17.2 Å². The molecule has 0 radical (unpaired) electrons. The minimum atomic E-state index is -3.50. The van der Waals surface area contributed by atoms with Crippen molar-refractivity contribution in [3.63, 3.8) is 0 Å². The van der Waals surface area contributed by atoms with E-state index in [1.165, 1.54) is 24.0 Å². The average Bonchev–Trinajstić information content (AvgIpc) is 3.40. The lowest BCUT2D eigenvalue weighted by Gasteiger charge is -2.26. The number of piperidine rings is 1. The van der Waals surface area contributed by atoms with E-state index in [9.17, 15) is 8.42 Å². The lowest BCUT2D eigenvalue weighted by atomic mass is 9.93. The highest BCUT2D eigenvalue weighted by Gasteiger charge is 2.25. The van der Waals surface area contributed by atoms with Crippen molar-refractivity contribution in [1.29, 1.82) is 0 Å². The van der Waals surface area contributed by atoms with E-state index < -0.39 is 15.1 Å². The van der Waals surface area contributed by atoms with Gasteiger partial charge in [-0.15, -0.1) is 0 Å². The molecule has 4 aromatic rings. The van der Waals surface area contributed by atoms with Crippen LogP contribution in [0.2, 0.25) is 0 Å². The molecule has 2 aromatic heterocycles. The fraction of sp³-hybridized carbons (Fsp3) is 0.400. The van der Waals surface area contributed by atoms with E-state index in [-0.39, 0.29) is 11.0 Å². The van der Waals surface area contributed by atoms with E-state index >= 15 is 0 Å². The number of fused-ring (bicyclic) bond motifs is 1. The summed E-state index contributed by atoms with van der Waals surface area (Å²) in [4.78, 5) is 11.6.